The Bertz CT molecular complexity index is 1060. The molecular weight excluding hydrogens is 348 g/mol. The molecule has 0 saturated heterocycles. The molecule has 4 aromatic rings. The zero-order valence-electron chi connectivity index (χ0n) is 17.2. The van der Waals surface area contributed by atoms with E-state index in [0.29, 0.717) is 0 Å². The lowest BCUT2D eigenvalue weighted by molar-refractivity contribution is 0.591. The van der Waals surface area contributed by atoms with Gasteiger partial charge in [-0.2, -0.15) is 0 Å². The van der Waals surface area contributed by atoms with Crippen LogP contribution in [-0.4, -0.2) is 9.38 Å². The summed E-state index contributed by atoms with van der Waals surface area (Å²) in [5.41, 5.74) is 4.76. The quantitative estimate of drug-likeness (QED) is 0.315. The Morgan fingerprint density at radius 2 is 1.67 bits per heavy atom. The number of rotatable bonds is 0. The molecule has 2 nitrogen and oxygen atoms in total. The van der Waals surface area contributed by atoms with Crippen molar-refractivity contribution in [2.75, 3.05) is 0 Å². The first-order chi connectivity index (χ1) is 12.8. The number of hydrogen-bond acceptors (Lipinski definition) is 2. The van der Waals surface area contributed by atoms with Gasteiger partial charge in [0.2, 0.25) is 0 Å². The maximum absolute atomic E-state index is 4.83. The Kier molecular flexibility index (Phi) is 6.72. The van der Waals surface area contributed by atoms with Crippen LogP contribution in [0.5, 0.6) is 0 Å². The fraction of sp³-hybridized carbons (Fsp3) is 0.292. The number of benzene rings is 2. The van der Waals surface area contributed by atoms with Gasteiger partial charge in [0.25, 0.3) is 0 Å². The minimum atomic E-state index is 0.148. The molecular formula is C24H30N2S. The summed E-state index contributed by atoms with van der Waals surface area (Å²) in [6.07, 6.45) is 2.12. The van der Waals surface area contributed by atoms with E-state index in [1.165, 1.54) is 21.9 Å². The molecule has 4 rings (SSSR count). The van der Waals surface area contributed by atoms with Crippen molar-refractivity contribution in [3.05, 3.63) is 71.8 Å². The molecule has 2 aromatic heterocycles. The minimum absolute atomic E-state index is 0.148. The fourth-order valence-electron chi connectivity index (χ4n) is 2.90. The summed E-state index contributed by atoms with van der Waals surface area (Å²) in [7, 11) is 0. The third-order valence-electron chi connectivity index (χ3n) is 4.16. The van der Waals surface area contributed by atoms with Crippen molar-refractivity contribution >= 4 is 40.1 Å². The van der Waals surface area contributed by atoms with Gasteiger partial charge < -0.3 is 0 Å². The first-order valence-corrected chi connectivity index (χ1v) is 9.86. The van der Waals surface area contributed by atoms with E-state index in [1.807, 2.05) is 20.8 Å². The van der Waals surface area contributed by atoms with Crippen LogP contribution >= 0.6 is 12.6 Å². The second-order valence-corrected chi connectivity index (χ2v) is 8.16. The van der Waals surface area contributed by atoms with E-state index in [-0.39, 0.29) is 5.41 Å². The van der Waals surface area contributed by atoms with Crippen LogP contribution in [0, 0.1) is 0 Å². The predicted molar refractivity (Wildman–Crippen MR) is 124 cm³/mol. The van der Waals surface area contributed by atoms with Crippen molar-refractivity contribution < 1.29 is 0 Å². The molecule has 0 fully saturated rings. The molecule has 27 heavy (non-hydrogen) atoms. The van der Waals surface area contributed by atoms with Crippen molar-refractivity contribution in [3.8, 4) is 0 Å². The van der Waals surface area contributed by atoms with E-state index in [4.69, 9.17) is 4.98 Å². The van der Waals surface area contributed by atoms with E-state index in [1.54, 1.807) is 0 Å². The average Bonchev–Trinajstić information content (AvgIpc) is 3.00. The van der Waals surface area contributed by atoms with Crippen LogP contribution in [0.1, 0.15) is 47.1 Å². The number of nitrogens with zero attached hydrogens (tertiary/aromatic N) is 2. The number of pyridine rings is 1. The molecule has 2 heterocycles. The van der Waals surface area contributed by atoms with Gasteiger partial charge in [-0.1, -0.05) is 71.5 Å². The lowest BCUT2D eigenvalue weighted by Crippen LogP contribution is -2.10. The van der Waals surface area contributed by atoms with Crippen molar-refractivity contribution in [1.29, 1.82) is 0 Å². The van der Waals surface area contributed by atoms with Crippen molar-refractivity contribution in [3.63, 3.8) is 0 Å². The highest BCUT2D eigenvalue weighted by atomic mass is 32.1. The van der Waals surface area contributed by atoms with Gasteiger partial charge in [-0.25, -0.2) is 4.98 Å². The number of hydrogen-bond donors (Lipinski definition) is 1. The molecule has 2 aromatic carbocycles. The Labute approximate surface area is 168 Å². The van der Waals surface area contributed by atoms with Crippen molar-refractivity contribution in [2.45, 2.75) is 47.0 Å². The minimum Gasteiger partial charge on any atom is -0.299 e. The van der Waals surface area contributed by atoms with E-state index >= 15 is 0 Å². The predicted octanol–water partition coefficient (Wildman–Crippen LogP) is 7.41. The number of imidazole rings is 1. The van der Waals surface area contributed by atoms with Gasteiger partial charge in [0.1, 0.15) is 5.65 Å². The molecule has 0 aliphatic rings. The average molecular weight is 379 g/mol. The van der Waals surface area contributed by atoms with Gasteiger partial charge in [0, 0.05) is 11.6 Å². The lowest BCUT2D eigenvalue weighted by Gasteiger charge is -2.18. The highest BCUT2D eigenvalue weighted by molar-refractivity contribution is 7.84. The van der Waals surface area contributed by atoms with E-state index in [9.17, 15) is 0 Å². The molecule has 142 valence electrons. The number of allylic oxidation sites excluding steroid dienone is 1. The number of fused-ring (bicyclic) bond motifs is 5. The van der Waals surface area contributed by atoms with E-state index in [0.717, 1.165) is 16.1 Å². The molecule has 0 saturated carbocycles. The normalized spacial score (nSPS) is 10.9. The summed E-state index contributed by atoms with van der Waals surface area (Å²) in [6, 6.07) is 17.2. The molecule has 0 N–H and O–H groups in total. The lowest BCUT2D eigenvalue weighted by atomic mass is 9.87. The van der Waals surface area contributed by atoms with Crippen molar-refractivity contribution in [1.82, 2.24) is 9.38 Å². The van der Waals surface area contributed by atoms with Crippen LogP contribution in [0.15, 0.2) is 66.2 Å². The maximum Gasteiger partial charge on any atom is 0.145 e. The third kappa shape index (κ3) is 4.72. The molecule has 0 radical (unpaired) electrons. The largest absolute Gasteiger partial charge is 0.299 e. The molecule has 0 aliphatic heterocycles. The monoisotopic (exact) mass is 378 g/mol. The molecule has 0 atom stereocenters. The SMILES string of the molecule is C=C(C)S.CC.CC(C)(C)c1ccc2nc3c4ccccc4ccn3c2c1. The number of thiol groups is 1. The second-order valence-electron chi connectivity index (χ2n) is 7.40. The fourth-order valence-corrected chi connectivity index (χ4v) is 2.90. The summed E-state index contributed by atoms with van der Waals surface area (Å²) in [5.74, 6) is 0. The first-order valence-electron chi connectivity index (χ1n) is 9.42. The van der Waals surface area contributed by atoms with Gasteiger partial charge >= 0.3 is 0 Å². The first kappa shape index (κ1) is 21.0. The van der Waals surface area contributed by atoms with Crippen LogP contribution in [0.3, 0.4) is 0 Å². The number of aromatic nitrogens is 2. The van der Waals surface area contributed by atoms with E-state index < -0.39 is 0 Å². The topological polar surface area (TPSA) is 17.3 Å². The molecule has 0 bridgehead atoms. The van der Waals surface area contributed by atoms with Gasteiger partial charge in [-0.05, 0) is 46.4 Å². The molecule has 0 unspecified atom stereocenters. The van der Waals surface area contributed by atoms with Crippen LogP contribution < -0.4 is 0 Å². The molecule has 0 spiro atoms. The highest BCUT2D eigenvalue weighted by Crippen LogP contribution is 2.28. The van der Waals surface area contributed by atoms with Crippen LogP contribution in [0.4, 0.5) is 0 Å². The van der Waals surface area contributed by atoms with Gasteiger partial charge in [0.15, 0.2) is 0 Å². The molecule has 0 amide bonds. The van der Waals surface area contributed by atoms with Gasteiger partial charge in [0.05, 0.1) is 11.0 Å². The van der Waals surface area contributed by atoms with Crippen LogP contribution in [-0.2, 0) is 5.41 Å². The molecule has 0 aliphatic carbocycles. The highest BCUT2D eigenvalue weighted by Gasteiger charge is 2.16. The summed E-state index contributed by atoms with van der Waals surface area (Å²) in [5, 5.41) is 2.44. The van der Waals surface area contributed by atoms with Crippen LogP contribution in [0.25, 0.3) is 27.5 Å². The zero-order valence-corrected chi connectivity index (χ0v) is 18.1. The standard InChI is InChI=1S/C19H18N2.C3H6S.C2H6/c1-19(2,3)14-8-9-16-17(12-14)21-11-10-13-6-4-5-7-15(13)18(21)20-16;1-3(2)4;1-2/h4-12H,1-3H3;4H,1H2,2H3;1-2H3. The van der Waals surface area contributed by atoms with E-state index in [2.05, 4.69) is 99.1 Å². The Morgan fingerprint density at radius 1 is 1.04 bits per heavy atom. The smallest absolute Gasteiger partial charge is 0.145 e. The second kappa shape index (κ2) is 8.62. The summed E-state index contributed by atoms with van der Waals surface area (Å²) < 4.78 is 2.20. The maximum atomic E-state index is 4.83. The zero-order chi connectivity index (χ0) is 20.2. The summed E-state index contributed by atoms with van der Waals surface area (Å²) in [6.45, 7) is 16.0. The summed E-state index contributed by atoms with van der Waals surface area (Å²) in [4.78, 5) is 5.69. The van der Waals surface area contributed by atoms with Gasteiger partial charge in [-0.3, -0.25) is 4.40 Å². The van der Waals surface area contributed by atoms with Gasteiger partial charge in [-0.15, -0.1) is 12.6 Å². The Hall–Kier alpha value is -2.26. The Morgan fingerprint density at radius 3 is 2.30 bits per heavy atom. The molecule has 3 heteroatoms. The van der Waals surface area contributed by atoms with Crippen LogP contribution in [0.2, 0.25) is 0 Å². The Balaban J connectivity index is 0.000000389. The summed E-state index contributed by atoms with van der Waals surface area (Å²) >= 11 is 3.77. The third-order valence-corrected chi connectivity index (χ3v) is 4.16. The van der Waals surface area contributed by atoms with Crippen molar-refractivity contribution in [2.24, 2.45) is 0 Å².